The van der Waals surface area contributed by atoms with Gasteiger partial charge in [-0.3, -0.25) is 9.78 Å². The summed E-state index contributed by atoms with van der Waals surface area (Å²) in [7, 11) is 0. The molecule has 3 heteroatoms. The Morgan fingerprint density at radius 1 is 1.16 bits per heavy atom. The molecule has 0 radical (unpaired) electrons. The van der Waals surface area contributed by atoms with Crippen molar-refractivity contribution >= 4 is 11.4 Å². The van der Waals surface area contributed by atoms with Gasteiger partial charge in [0.05, 0.1) is 0 Å². The largest absolute Gasteiger partial charge is 0.383 e. The maximum absolute atomic E-state index is 12.3. The minimum absolute atomic E-state index is 0.176. The van der Waals surface area contributed by atoms with Crippen molar-refractivity contribution in [3.05, 3.63) is 71.1 Å². The third kappa shape index (κ3) is 1.79. The molecule has 19 heavy (non-hydrogen) atoms. The molecule has 0 amide bonds. The van der Waals surface area contributed by atoms with E-state index in [1.807, 2.05) is 37.3 Å². The Labute approximate surface area is 111 Å². The molecule has 1 atom stereocenters. The van der Waals surface area contributed by atoms with Crippen molar-refractivity contribution in [1.82, 2.24) is 4.98 Å². The van der Waals surface area contributed by atoms with Crippen LogP contribution in [0.1, 0.15) is 34.6 Å². The highest BCUT2D eigenvalue weighted by Crippen LogP contribution is 2.38. The van der Waals surface area contributed by atoms with Crippen LogP contribution in [0.5, 0.6) is 0 Å². The topological polar surface area (TPSA) is 50.2 Å². The lowest BCUT2D eigenvalue weighted by Gasteiger charge is -2.09. The zero-order valence-corrected chi connectivity index (χ0v) is 10.5. The van der Waals surface area contributed by atoms with Crippen LogP contribution in [0.2, 0.25) is 0 Å². The molecule has 1 aliphatic rings. The van der Waals surface area contributed by atoms with E-state index in [9.17, 15) is 9.90 Å². The second-order valence-corrected chi connectivity index (χ2v) is 4.58. The summed E-state index contributed by atoms with van der Waals surface area (Å²) in [6.45, 7) is 1.86. The van der Waals surface area contributed by atoms with Crippen LogP contribution in [0.25, 0.3) is 5.57 Å². The van der Waals surface area contributed by atoms with Crippen LogP contribution in [0, 0.1) is 0 Å². The van der Waals surface area contributed by atoms with E-state index in [1.165, 1.54) is 0 Å². The molecule has 0 spiro atoms. The van der Waals surface area contributed by atoms with Crippen LogP contribution in [0.4, 0.5) is 0 Å². The first-order chi connectivity index (χ1) is 9.20. The summed E-state index contributed by atoms with van der Waals surface area (Å²) in [5.74, 6) is -0.176. The van der Waals surface area contributed by atoms with E-state index in [2.05, 4.69) is 4.98 Å². The standard InChI is InChI=1S/C16H13NO2/c1-10(11-6-3-2-4-7-11)13-15(18)12-8-5-9-17-14(12)16(13)19/h2-9,15,18H,1H3/b13-10+/t15-/m1/s1. The molecular formula is C16H13NO2. The quantitative estimate of drug-likeness (QED) is 0.793. The summed E-state index contributed by atoms with van der Waals surface area (Å²) in [4.78, 5) is 16.4. The molecule has 1 aromatic carbocycles. The Hall–Kier alpha value is -2.26. The van der Waals surface area contributed by atoms with Gasteiger partial charge in [0, 0.05) is 17.3 Å². The molecule has 1 aromatic heterocycles. The average molecular weight is 251 g/mol. The van der Waals surface area contributed by atoms with Crippen LogP contribution >= 0.6 is 0 Å². The van der Waals surface area contributed by atoms with Crippen molar-refractivity contribution < 1.29 is 9.90 Å². The number of hydrogen-bond donors (Lipinski definition) is 1. The van der Waals surface area contributed by atoms with Crippen LogP contribution in [-0.4, -0.2) is 15.9 Å². The summed E-state index contributed by atoms with van der Waals surface area (Å²) in [5, 5.41) is 10.3. The number of carbonyl (C=O) groups excluding carboxylic acids is 1. The van der Waals surface area contributed by atoms with E-state index in [1.54, 1.807) is 18.3 Å². The summed E-state index contributed by atoms with van der Waals surface area (Å²) in [6, 6.07) is 13.1. The number of allylic oxidation sites excluding steroid dienone is 1. The summed E-state index contributed by atoms with van der Waals surface area (Å²) in [5.41, 5.74) is 3.13. The van der Waals surface area contributed by atoms with Crippen LogP contribution in [0.15, 0.2) is 54.2 Å². The van der Waals surface area contributed by atoms with E-state index in [0.29, 0.717) is 16.8 Å². The normalized spacial score (nSPS) is 20.3. The summed E-state index contributed by atoms with van der Waals surface area (Å²) >= 11 is 0. The van der Waals surface area contributed by atoms with E-state index in [4.69, 9.17) is 0 Å². The van der Waals surface area contributed by atoms with Crippen molar-refractivity contribution in [2.24, 2.45) is 0 Å². The first-order valence-corrected chi connectivity index (χ1v) is 6.14. The van der Waals surface area contributed by atoms with Crippen molar-refractivity contribution in [1.29, 1.82) is 0 Å². The van der Waals surface area contributed by atoms with Gasteiger partial charge in [-0.25, -0.2) is 0 Å². The van der Waals surface area contributed by atoms with Gasteiger partial charge in [0.2, 0.25) is 5.78 Å². The van der Waals surface area contributed by atoms with E-state index in [-0.39, 0.29) is 5.78 Å². The fraction of sp³-hybridized carbons (Fsp3) is 0.125. The zero-order valence-electron chi connectivity index (χ0n) is 10.5. The predicted molar refractivity (Wildman–Crippen MR) is 72.6 cm³/mol. The maximum Gasteiger partial charge on any atom is 0.210 e. The molecule has 2 aromatic rings. The molecule has 3 rings (SSSR count). The highest BCUT2D eigenvalue weighted by molar-refractivity contribution is 6.16. The van der Waals surface area contributed by atoms with Crippen LogP contribution in [-0.2, 0) is 0 Å². The minimum Gasteiger partial charge on any atom is -0.383 e. The number of carbonyl (C=O) groups is 1. The third-order valence-corrected chi connectivity index (χ3v) is 3.48. The number of benzene rings is 1. The van der Waals surface area contributed by atoms with Gasteiger partial charge in [-0.1, -0.05) is 36.4 Å². The summed E-state index contributed by atoms with van der Waals surface area (Å²) < 4.78 is 0. The van der Waals surface area contributed by atoms with E-state index < -0.39 is 6.10 Å². The second kappa shape index (κ2) is 4.44. The number of hydrogen-bond acceptors (Lipinski definition) is 3. The number of ketones is 1. The molecule has 0 saturated carbocycles. The molecule has 0 aliphatic heterocycles. The van der Waals surface area contributed by atoms with Crippen LogP contribution in [0.3, 0.4) is 0 Å². The number of aromatic nitrogens is 1. The number of rotatable bonds is 1. The van der Waals surface area contributed by atoms with Gasteiger partial charge in [0.15, 0.2) is 0 Å². The van der Waals surface area contributed by atoms with Crippen LogP contribution < -0.4 is 0 Å². The van der Waals surface area contributed by atoms with Gasteiger partial charge in [-0.2, -0.15) is 0 Å². The Balaban J connectivity index is 2.16. The van der Waals surface area contributed by atoms with Gasteiger partial charge in [0.1, 0.15) is 11.8 Å². The molecule has 0 unspecified atom stereocenters. The predicted octanol–water partition coefficient (Wildman–Crippen LogP) is 2.79. The fourth-order valence-electron chi connectivity index (χ4n) is 2.45. The van der Waals surface area contributed by atoms with Crippen molar-refractivity contribution in [3.63, 3.8) is 0 Å². The average Bonchev–Trinajstić information content (AvgIpc) is 2.72. The molecular weight excluding hydrogens is 238 g/mol. The zero-order chi connectivity index (χ0) is 13.4. The Morgan fingerprint density at radius 2 is 1.89 bits per heavy atom. The molecule has 1 aliphatic carbocycles. The number of Topliss-reactive ketones (excluding diaryl/α,β-unsaturated/α-hetero) is 1. The second-order valence-electron chi connectivity index (χ2n) is 4.58. The maximum atomic E-state index is 12.3. The number of aliphatic hydroxyl groups is 1. The molecule has 0 fully saturated rings. The number of pyridine rings is 1. The number of fused-ring (bicyclic) bond motifs is 1. The Morgan fingerprint density at radius 3 is 2.58 bits per heavy atom. The van der Waals surface area contributed by atoms with Crippen molar-refractivity contribution in [2.45, 2.75) is 13.0 Å². The SMILES string of the molecule is C/C(=C1\C(=O)c2ncccc2[C@H]1O)c1ccccc1. The van der Waals surface area contributed by atoms with E-state index >= 15 is 0 Å². The summed E-state index contributed by atoms with van der Waals surface area (Å²) in [6.07, 6.45) is 0.695. The fourth-order valence-corrected chi connectivity index (χ4v) is 2.45. The lowest BCUT2D eigenvalue weighted by Crippen LogP contribution is -2.03. The molecule has 3 nitrogen and oxygen atoms in total. The Kier molecular flexibility index (Phi) is 2.76. The molecule has 0 bridgehead atoms. The monoisotopic (exact) mass is 251 g/mol. The molecule has 1 N–H and O–H groups in total. The smallest absolute Gasteiger partial charge is 0.210 e. The third-order valence-electron chi connectivity index (χ3n) is 3.48. The van der Waals surface area contributed by atoms with Gasteiger partial charge >= 0.3 is 0 Å². The highest BCUT2D eigenvalue weighted by Gasteiger charge is 2.35. The molecule has 94 valence electrons. The van der Waals surface area contributed by atoms with Gasteiger partial charge in [-0.15, -0.1) is 0 Å². The lowest BCUT2D eigenvalue weighted by molar-refractivity contribution is 0.101. The molecule has 0 saturated heterocycles. The first-order valence-electron chi connectivity index (χ1n) is 6.14. The minimum atomic E-state index is -0.878. The van der Waals surface area contributed by atoms with Crippen molar-refractivity contribution in [2.75, 3.05) is 0 Å². The first kappa shape index (κ1) is 11.8. The lowest BCUT2D eigenvalue weighted by atomic mass is 9.97. The van der Waals surface area contributed by atoms with Crippen molar-refractivity contribution in [3.8, 4) is 0 Å². The van der Waals surface area contributed by atoms with Gasteiger partial charge < -0.3 is 5.11 Å². The van der Waals surface area contributed by atoms with E-state index in [0.717, 1.165) is 11.1 Å². The van der Waals surface area contributed by atoms with Gasteiger partial charge in [-0.05, 0) is 24.1 Å². The van der Waals surface area contributed by atoms with Gasteiger partial charge in [0.25, 0.3) is 0 Å². The number of nitrogens with zero attached hydrogens (tertiary/aromatic N) is 1. The molecule has 1 heterocycles. The Bertz CT molecular complexity index is 674. The number of aliphatic hydroxyl groups excluding tert-OH is 1. The highest BCUT2D eigenvalue weighted by atomic mass is 16.3.